The molecule has 0 aliphatic rings. The number of anilines is 1. The van der Waals surface area contributed by atoms with Crippen LogP contribution in [0.3, 0.4) is 0 Å². The molecule has 1 heterocycles. The van der Waals surface area contributed by atoms with Crippen molar-refractivity contribution in [2.75, 3.05) is 12.0 Å². The lowest BCUT2D eigenvalue weighted by molar-refractivity contribution is -0.190. The minimum atomic E-state index is -4.52. The third-order valence-corrected chi connectivity index (χ3v) is 1.74. The monoisotopic (exact) mass is 267 g/mol. The number of ether oxygens (including phenoxy) is 2. The van der Waals surface area contributed by atoms with Gasteiger partial charge in [0, 0.05) is 0 Å². The second-order valence-corrected chi connectivity index (χ2v) is 3.10. The molecule has 1 rings (SSSR count). The molecule has 18 heavy (non-hydrogen) atoms. The first-order valence-corrected chi connectivity index (χ1v) is 4.95. The maximum atomic E-state index is 12.3. The van der Waals surface area contributed by atoms with E-state index in [0.717, 1.165) is 6.92 Å². The summed E-state index contributed by atoms with van der Waals surface area (Å²) in [6.07, 6.45) is -6.57. The fraction of sp³-hybridized carbons (Fsp3) is 0.625. The first-order chi connectivity index (χ1) is 8.36. The van der Waals surface area contributed by atoms with Crippen LogP contribution in [0, 0.1) is 0 Å². The Morgan fingerprint density at radius 1 is 1.28 bits per heavy atom. The zero-order chi connectivity index (χ0) is 13.8. The average molecular weight is 267 g/mol. The molecule has 1 atom stereocenters. The van der Waals surface area contributed by atoms with Crippen molar-refractivity contribution in [3.63, 3.8) is 0 Å². The van der Waals surface area contributed by atoms with E-state index in [4.69, 9.17) is 10.6 Å². The standard InChI is InChI=1S/C8H12F3N5O2/c1-3-17-6-13-5(16-12)14-7(15-6)18-4(2)8(9,10)11/h4H,3,12H2,1-2H3,(H,13,14,15,16). The van der Waals surface area contributed by atoms with E-state index in [-0.39, 0.29) is 18.6 Å². The van der Waals surface area contributed by atoms with Gasteiger partial charge in [-0.25, -0.2) is 5.84 Å². The van der Waals surface area contributed by atoms with Crippen molar-refractivity contribution in [1.29, 1.82) is 0 Å². The van der Waals surface area contributed by atoms with Crippen molar-refractivity contribution >= 4 is 5.95 Å². The Hall–Kier alpha value is -1.84. The van der Waals surface area contributed by atoms with E-state index < -0.39 is 18.3 Å². The Morgan fingerprint density at radius 3 is 2.39 bits per heavy atom. The Balaban J connectivity index is 2.90. The van der Waals surface area contributed by atoms with Gasteiger partial charge in [0.05, 0.1) is 6.61 Å². The maximum Gasteiger partial charge on any atom is 0.425 e. The van der Waals surface area contributed by atoms with Gasteiger partial charge >= 0.3 is 18.2 Å². The number of halogens is 3. The van der Waals surface area contributed by atoms with Crippen molar-refractivity contribution in [1.82, 2.24) is 15.0 Å². The largest absolute Gasteiger partial charge is 0.464 e. The number of hydrazine groups is 1. The van der Waals surface area contributed by atoms with E-state index in [1.807, 2.05) is 0 Å². The van der Waals surface area contributed by atoms with Crippen LogP contribution in [0.1, 0.15) is 13.8 Å². The fourth-order valence-electron chi connectivity index (χ4n) is 0.874. The lowest BCUT2D eigenvalue weighted by atomic mass is 10.4. The molecule has 0 spiro atoms. The normalized spacial score (nSPS) is 13.0. The lowest BCUT2D eigenvalue weighted by Crippen LogP contribution is -2.32. The van der Waals surface area contributed by atoms with Crippen LogP contribution in [0.4, 0.5) is 19.1 Å². The van der Waals surface area contributed by atoms with E-state index in [2.05, 4.69) is 25.1 Å². The number of hydrogen-bond donors (Lipinski definition) is 2. The van der Waals surface area contributed by atoms with Crippen LogP contribution < -0.4 is 20.7 Å². The SMILES string of the molecule is CCOc1nc(NN)nc(OC(C)C(F)(F)F)n1. The second kappa shape index (κ2) is 5.67. The van der Waals surface area contributed by atoms with Gasteiger partial charge in [0.15, 0.2) is 6.10 Å². The van der Waals surface area contributed by atoms with Gasteiger partial charge < -0.3 is 9.47 Å². The lowest BCUT2D eigenvalue weighted by Gasteiger charge is -2.16. The van der Waals surface area contributed by atoms with Crippen molar-refractivity contribution in [2.45, 2.75) is 26.1 Å². The molecule has 0 bridgehead atoms. The number of nitrogens with one attached hydrogen (secondary N) is 1. The van der Waals surface area contributed by atoms with Crippen LogP contribution in [-0.2, 0) is 0 Å². The molecule has 0 aliphatic heterocycles. The van der Waals surface area contributed by atoms with Crippen molar-refractivity contribution in [3.8, 4) is 12.0 Å². The van der Waals surface area contributed by atoms with Crippen LogP contribution in [0.2, 0.25) is 0 Å². The molecule has 1 unspecified atom stereocenters. The summed E-state index contributed by atoms with van der Waals surface area (Å²) in [5.41, 5.74) is 2.07. The summed E-state index contributed by atoms with van der Waals surface area (Å²) in [5, 5.41) is 0. The Labute approximate surface area is 100 Å². The summed E-state index contributed by atoms with van der Waals surface area (Å²) in [7, 11) is 0. The van der Waals surface area contributed by atoms with Gasteiger partial charge in [-0.15, -0.1) is 4.98 Å². The molecule has 102 valence electrons. The minimum Gasteiger partial charge on any atom is -0.464 e. The Kier molecular flexibility index (Phi) is 4.48. The van der Waals surface area contributed by atoms with Gasteiger partial charge in [-0.05, 0) is 13.8 Å². The predicted octanol–water partition coefficient (Wildman–Crippen LogP) is 0.885. The van der Waals surface area contributed by atoms with Crippen molar-refractivity contribution in [3.05, 3.63) is 0 Å². The smallest absolute Gasteiger partial charge is 0.425 e. The fourth-order valence-corrected chi connectivity index (χ4v) is 0.874. The third-order valence-electron chi connectivity index (χ3n) is 1.74. The highest BCUT2D eigenvalue weighted by Gasteiger charge is 2.38. The molecule has 0 aromatic carbocycles. The highest BCUT2D eigenvalue weighted by Crippen LogP contribution is 2.24. The number of nitrogens with two attached hydrogens (primary N) is 1. The predicted molar refractivity (Wildman–Crippen MR) is 55.0 cm³/mol. The Bertz CT molecular complexity index is 401. The number of rotatable bonds is 5. The van der Waals surface area contributed by atoms with E-state index in [9.17, 15) is 13.2 Å². The summed E-state index contributed by atoms with van der Waals surface area (Å²) < 4.78 is 46.4. The van der Waals surface area contributed by atoms with Gasteiger partial charge in [-0.3, -0.25) is 5.43 Å². The molecule has 0 radical (unpaired) electrons. The summed E-state index contributed by atoms with van der Waals surface area (Å²) in [6.45, 7) is 2.74. The molecule has 3 N–H and O–H groups in total. The molecule has 10 heteroatoms. The first kappa shape index (κ1) is 14.2. The summed E-state index contributed by atoms with van der Waals surface area (Å²) in [4.78, 5) is 10.8. The van der Waals surface area contributed by atoms with E-state index >= 15 is 0 Å². The van der Waals surface area contributed by atoms with Crippen LogP contribution in [0.15, 0.2) is 0 Å². The highest BCUT2D eigenvalue weighted by atomic mass is 19.4. The quantitative estimate of drug-likeness (QED) is 0.604. The summed E-state index contributed by atoms with van der Waals surface area (Å²) >= 11 is 0. The molecular formula is C8H12F3N5O2. The van der Waals surface area contributed by atoms with Gasteiger partial charge in [-0.1, -0.05) is 0 Å². The van der Waals surface area contributed by atoms with E-state index in [1.54, 1.807) is 6.92 Å². The van der Waals surface area contributed by atoms with Crippen LogP contribution in [-0.4, -0.2) is 33.8 Å². The third kappa shape index (κ3) is 3.87. The molecule has 0 saturated heterocycles. The van der Waals surface area contributed by atoms with Gasteiger partial charge in [0.1, 0.15) is 0 Å². The minimum absolute atomic E-state index is 0.155. The first-order valence-electron chi connectivity index (χ1n) is 4.95. The molecule has 0 aliphatic carbocycles. The molecule has 0 fully saturated rings. The average Bonchev–Trinajstić information content (AvgIpc) is 2.27. The van der Waals surface area contributed by atoms with Gasteiger partial charge in [0.25, 0.3) is 0 Å². The van der Waals surface area contributed by atoms with Crippen LogP contribution >= 0.6 is 0 Å². The number of aromatic nitrogens is 3. The van der Waals surface area contributed by atoms with Crippen molar-refractivity contribution < 1.29 is 22.6 Å². The van der Waals surface area contributed by atoms with Gasteiger partial charge in [0.2, 0.25) is 5.95 Å². The number of hydrogen-bond acceptors (Lipinski definition) is 7. The topological polar surface area (TPSA) is 95.2 Å². The number of nitrogen functional groups attached to an aromatic ring is 1. The summed E-state index contributed by atoms with van der Waals surface area (Å²) in [5.74, 6) is 4.91. The number of nitrogens with zero attached hydrogens (tertiary/aromatic N) is 3. The zero-order valence-electron chi connectivity index (χ0n) is 9.65. The van der Waals surface area contributed by atoms with Crippen molar-refractivity contribution in [2.24, 2.45) is 5.84 Å². The zero-order valence-corrected chi connectivity index (χ0v) is 9.65. The summed E-state index contributed by atoms with van der Waals surface area (Å²) in [6, 6.07) is -0.698. The van der Waals surface area contributed by atoms with E-state index in [1.165, 1.54) is 0 Å². The van der Waals surface area contributed by atoms with E-state index in [0.29, 0.717) is 0 Å². The Morgan fingerprint density at radius 2 is 1.89 bits per heavy atom. The van der Waals surface area contributed by atoms with Crippen LogP contribution in [0.25, 0.3) is 0 Å². The molecule has 0 saturated carbocycles. The number of alkyl halides is 3. The molecule has 1 aromatic rings. The maximum absolute atomic E-state index is 12.3. The molecule has 7 nitrogen and oxygen atoms in total. The molecule has 0 amide bonds. The molecular weight excluding hydrogens is 255 g/mol. The second-order valence-electron chi connectivity index (χ2n) is 3.10. The highest BCUT2D eigenvalue weighted by molar-refractivity contribution is 5.25. The van der Waals surface area contributed by atoms with Crippen LogP contribution in [0.5, 0.6) is 12.0 Å². The molecule has 1 aromatic heterocycles. The van der Waals surface area contributed by atoms with Gasteiger partial charge in [-0.2, -0.15) is 23.1 Å².